The average molecular weight is 284 g/mol. The Bertz CT molecular complexity index is 632. The van der Waals surface area contributed by atoms with Gasteiger partial charge in [0.25, 0.3) is 5.91 Å². The molecule has 1 aliphatic rings. The Morgan fingerprint density at radius 1 is 1.33 bits per heavy atom. The molecule has 0 saturated carbocycles. The van der Waals surface area contributed by atoms with Crippen LogP contribution in [0.5, 0.6) is 0 Å². The quantitative estimate of drug-likeness (QED) is 0.880. The van der Waals surface area contributed by atoms with Crippen molar-refractivity contribution in [1.82, 2.24) is 14.7 Å². The maximum atomic E-state index is 12.4. The summed E-state index contributed by atoms with van der Waals surface area (Å²) in [7, 11) is 0. The highest BCUT2D eigenvalue weighted by Crippen LogP contribution is 2.21. The minimum atomic E-state index is 0.0279. The van der Waals surface area contributed by atoms with Crippen LogP contribution in [0.1, 0.15) is 30.3 Å². The second-order valence-electron chi connectivity index (χ2n) is 5.55. The standard InChI is InChI=1S/C16H20N4O/c1-2-12-7-9-19(11-12)16(21)15-8-10-20(18-15)14-5-3-13(17)4-6-14/h3-6,8,10,12H,2,7,9,11,17H2,1H3. The Balaban J connectivity index is 1.75. The zero-order valence-electron chi connectivity index (χ0n) is 12.2. The van der Waals surface area contributed by atoms with Crippen LogP contribution in [0.2, 0.25) is 0 Å². The predicted molar refractivity (Wildman–Crippen MR) is 82.3 cm³/mol. The summed E-state index contributed by atoms with van der Waals surface area (Å²) in [6.45, 7) is 3.87. The fourth-order valence-corrected chi connectivity index (χ4v) is 2.72. The summed E-state index contributed by atoms with van der Waals surface area (Å²) in [6.07, 6.45) is 4.04. The Hall–Kier alpha value is -2.30. The lowest BCUT2D eigenvalue weighted by Gasteiger charge is -2.14. The lowest BCUT2D eigenvalue weighted by Crippen LogP contribution is -2.29. The number of nitrogens with zero attached hydrogens (tertiary/aromatic N) is 3. The van der Waals surface area contributed by atoms with Crippen molar-refractivity contribution in [3.05, 3.63) is 42.2 Å². The minimum absolute atomic E-state index is 0.0279. The number of hydrogen-bond acceptors (Lipinski definition) is 3. The van der Waals surface area contributed by atoms with Crippen LogP contribution in [0.4, 0.5) is 5.69 Å². The van der Waals surface area contributed by atoms with Crippen LogP contribution >= 0.6 is 0 Å². The molecule has 2 N–H and O–H groups in total. The Labute approximate surface area is 124 Å². The molecule has 1 aliphatic heterocycles. The number of nitrogens with two attached hydrogens (primary N) is 1. The summed E-state index contributed by atoms with van der Waals surface area (Å²) >= 11 is 0. The molecule has 0 aliphatic carbocycles. The summed E-state index contributed by atoms with van der Waals surface area (Å²) < 4.78 is 1.71. The third kappa shape index (κ3) is 2.77. The molecule has 1 fully saturated rings. The third-order valence-electron chi connectivity index (χ3n) is 4.12. The Kier molecular flexibility index (Phi) is 3.64. The number of amides is 1. The highest BCUT2D eigenvalue weighted by molar-refractivity contribution is 5.92. The van der Waals surface area contributed by atoms with Crippen molar-refractivity contribution in [2.24, 2.45) is 5.92 Å². The normalized spacial score (nSPS) is 18.1. The van der Waals surface area contributed by atoms with Crippen molar-refractivity contribution in [2.45, 2.75) is 19.8 Å². The SMILES string of the molecule is CCC1CCN(C(=O)c2ccn(-c3ccc(N)cc3)n2)C1. The first-order valence-corrected chi connectivity index (χ1v) is 7.38. The molecule has 21 heavy (non-hydrogen) atoms. The number of benzene rings is 1. The summed E-state index contributed by atoms with van der Waals surface area (Å²) in [5, 5.41) is 4.39. The lowest BCUT2D eigenvalue weighted by molar-refractivity contribution is 0.0780. The van der Waals surface area contributed by atoms with Crippen molar-refractivity contribution in [3.63, 3.8) is 0 Å². The molecule has 1 unspecified atom stereocenters. The zero-order chi connectivity index (χ0) is 14.8. The van der Waals surface area contributed by atoms with Crippen LogP contribution in [-0.4, -0.2) is 33.7 Å². The van der Waals surface area contributed by atoms with Gasteiger partial charge in [0.15, 0.2) is 5.69 Å². The smallest absolute Gasteiger partial charge is 0.274 e. The van der Waals surface area contributed by atoms with Gasteiger partial charge in [0.1, 0.15) is 0 Å². The molecule has 2 aromatic rings. The Morgan fingerprint density at radius 3 is 2.76 bits per heavy atom. The van der Waals surface area contributed by atoms with Crippen LogP contribution in [-0.2, 0) is 0 Å². The molecule has 0 radical (unpaired) electrons. The van der Waals surface area contributed by atoms with Crippen LogP contribution in [0.15, 0.2) is 36.5 Å². The van der Waals surface area contributed by atoms with Crippen molar-refractivity contribution in [2.75, 3.05) is 18.8 Å². The van der Waals surface area contributed by atoms with E-state index >= 15 is 0 Å². The predicted octanol–water partition coefficient (Wildman–Crippen LogP) is 2.33. The number of carbonyl (C=O) groups excluding carboxylic acids is 1. The van der Waals surface area contributed by atoms with Gasteiger partial charge in [-0.15, -0.1) is 0 Å². The number of hydrogen-bond donors (Lipinski definition) is 1. The molecule has 0 bridgehead atoms. The zero-order valence-corrected chi connectivity index (χ0v) is 12.2. The monoisotopic (exact) mass is 284 g/mol. The molecule has 1 atom stereocenters. The summed E-state index contributed by atoms with van der Waals surface area (Å²) in [5.41, 5.74) is 7.79. The van der Waals surface area contributed by atoms with E-state index in [1.807, 2.05) is 35.4 Å². The van der Waals surface area contributed by atoms with E-state index in [4.69, 9.17) is 5.73 Å². The van der Waals surface area contributed by atoms with Gasteiger partial charge in [0, 0.05) is 25.0 Å². The maximum Gasteiger partial charge on any atom is 0.274 e. The molecule has 110 valence electrons. The number of likely N-dealkylation sites (tertiary alicyclic amines) is 1. The fraction of sp³-hybridized carbons (Fsp3) is 0.375. The highest BCUT2D eigenvalue weighted by Gasteiger charge is 2.27. The van der Waals surface area contributed by atoms with Crippen LogP contribution in [0.3, 0.4) is 0 Å². The minimum Gasteiger partial charge on any atom is -0.399 e. The maximum absolute atomic E-state index is 12.4. The highest BCUT2D eigenvalue weighted by atomic mass is 16.2. The number of aromatic nitrogens is 2. The molecular formula is C16H20N4O. The van der Waals surface area contributed by atoms with E-state index in [2.05, 4.69) is 12.0 Å². The topological polar surface area (TPSA) is 64.2 Å². The van der Waals surface area contributed by atoms with E-state index in [-0.39, 0.29) is 5.91 Å². The van der Waals surface area contributed by atoms with E-state index < -0.39 is 0 Å². The number of anilines is 1. The number of nitrogen functional groups attached to an aromatic ring is 1. The molecule has 5 nitrogen and oxygen atoms in total. The second kappa shape index (κ2) is 5.60. The van der Waals surface area contributed by atoms with Crippen molar-refractivity contribution in [3.8, 4) is 5.69 Å². The molecule has 0 spiro atoms. The van der Waals surface area contributed by atoms with Crippen molar-refractivity contribution < 1.29 is 4.79 Å². The first-order chi connectivity index (χ1) is 10.2. The first-order valence-electron chi connectivity index (χ1n) is 7.38. The molecule has 1 amide bonds. The van der Waals surface area contributed by atoms with Gasteiger partial charge in [-0.1, -0.05) is 13.3 Å². The second-order valence-corrected chi connectivity index (χ2v) is 5.55. The average Bonchev–Trinajstić information content (AvgIpc) is 3.16. The van der Waals surface area contributed by atoms with Gasteiger partial charge < -0.3 is 10.6 Å². The van der Waals surface area contributed by atoms with Crippen molar-refractivity contribution >= 4 is 11.6 Å². The fourth-order valence-electron chi connectivity index (χ4n) is 2.72. The molecule has 1 aromatic heterocycles. The summed E-state index contributed by atoms with van der Waals surface area (Å²) in [4.78, 5) is 14.3. The van der Waals surface area contributed by atoms with Crippen LogP contribution < -0.4 is 5.73 Å². The van der Waals surface area contributed by atoms with E-state index in [0.29, 0.717) is 17.3 Å². The van der Waals surface area contributed by atoms with Gasteiger partial charge in [-0.2, -0.15) is 5.10 Å². The molecule has 1 saturated heterocycles. The van der Waals surface area contributed by atoms with Gasteiger partial charge in [0.2, 0.25) is 0 Å². The number of rotatable bonds is 3. The van der Waals surface area contributed by atoms with Gasteiger partial charge in [0.05, 0.1) is 5.69 Å². The first kappa shape index (κ1) is 13.7. The molecule has 2 heterocycles. The lowest BCUT2D eigenvalue weighted by atomic mass is 10.1. The third-order valence-corrected chi connectivity index (χ3v) is 4.12. The van der Waals surface area contributed by atoms with E-state index in [9.17, 15) is 4.79 Å². The Morgan fingerprint density at radius 2 is 2.10 bits per heavy atom. The van der Waals surface area contributed by atoms with Gasteiger partial charge in [-0.3, -0.25) is 4.79 Å². The summed E-state index contributed by atoms with van der Waals surface area (Å²) in [5.74, 6) is 0.660. The van der Waals surface area contributed by atoms with Gasteiger partial charge in [-0.25, -0.2) is 4.68 Å². The molecule has 3 rings (SSSR count). The van der Waals surface area contributed by atoms with Gasteiger partial charge >= 0.3 is 0 Å². The molecular weight excluding hydrogens is 264 g/mol. The summed E-state index contributed by atoms with van der Waals surface area (Å²) in [6, 6.07) is 9.20. The van der Waals surface area contributed by atoms with Gasteiger partial charge in [-0.05, 0) is 42.7 Å². The number of carbonyl (C=O) groups is 1. The van der Waals surface area contributed by atoms with E-state index in [0.717, 1.165) is 31.6 Å². The van der Waals surface area contributed by atoms with Crippen LogP contribution in [0.25, 0.3) is 5.69 Å². The van der Waals surface area contributed by atoms with E-state index in [1.54, 1.807) is 10.7 Å². The largest absolute Gasteiger partial charge is 0.399 e. The molecule has 1 aromatic carbocycles. The van der Waals surface area contributed by atoms with E-state index in [1.165, 1.54) is 0 Å². The molecule has 5 heteroatoms. The van der Waals surface area contributed by atoms with Crippen molar-refractivity contribution in [1.29, 1.82) is 0 Å². The van der Waals surface area contributed by atoms with Crippen LogP contribution in [0, 0.1) is 5.92 Å².